The normalized spacial score (nSPS) is 20.8. The second-order valence-electron chi connectivity index (χ2n) is 18.8. The number of fused-ring (bicyclic) bond motifs is 4. The predicted molar refractivity (Wildman–Crippen MR) is 235 cm³/mol. The molecule has 1 saturated carbocycles. The minimum absolute atomic E-state index is 0.0195. The molecule has 348 valence electrons. The molecule has 4 aliphatic rings. The van der Waals surface area contributed by atoms with Crippen molar-refractivity contribution >= 4 is 35.0 Å². The Bertz CT molecular complexity index is 2750. The third kappa shape index (κ3) is 7.60. The van der Waals surface area contributed by atoms with Crippen LogP contribution >= 0.6 is 0 Å². The Labute approximate surface area is 378 Å². The number of likely N-dealkylation sites (tertiary alicyclic amines) is 2. The maximum atomic E-state index is 16.3. The summed E-state index contributed by atoms with van der Waals surface area (Å²) in [6, 6.07) is 10.8. The van der Waals surface area contributed by atoms with E-state index in [0.717, 1.165) is 25.0 Å². The molecule has 2 aliphatic carbocycles. The molecule has 14 nitrogen and oxygen atoms in total. The summed E-state index contributed by atoms with van der Waals surface area (Å²) in [7, 11) is 2.46. The number of alkyl carbamates (subject to hydrolysis) is 2. The lowest BCUT2D eigenvalue weighted by atomic mass is 9.78. The van der Waals surface area contributed by atoms with Crippen LogP contribution in [-0.4, -0.2) is 93.1 Å². The molecule has 9 rings (SSSR count). The Balaban J connectivity index is 0.982. The molecule has 66 heavy (non-hydrogen) atoms. The molecule has 2 saturated heterocycles. The number of carbonyl (C=O) groups is 4. The highest BCUT2D eigenvalue weighted by Gasteiger charge is 2.63. The minimum atomic E-state index is -4.59. The number of aromatic nitrogens is 4. The third-order valence-electron chi connectivity index (χ3n) is 13.8. The van der Waals surface area contributed by atoms with E-state index in [1.807, 2.05) is 27.7 Å². The van der Waals surface area contributed by atoms with Crippen molar-refractivity contribution in [3.05, 3.63) is 83.6 Å². The van der Waals surface area contributed by atoms with Crippen molar-refractivity contribution in [3.8, 4) is 33.5 Å². The van der Waals surface area contributed by atoms with E-state index in [0.29, 0.717) is 71.9 Å². The van der Waals surface area contributed by atoms with Gasteiger partial charge >= 0.3 is 24.0 Å². The lowest BCUT2D eigenvalue weighted by Crippen LogP contribution is -2.51. The number of nitrogens with one attached hydrogen (secondary N) is 4. The van der Waals surface area contributed by atoms with E-state index < -0.39 is 59.3 Å². The number of aromatic amines is 2. The number of benzene rings is 3. The number of carbonyl (C=O) groups excluding carboxylic acids is 4. The monoisotopic (exact) mass is 912 g/mol. The Morgan fingerprint density at radius 3 is 1.88 bits per heavy atom. The Kier molecular flexibility index (Phi) is 11.1. The zero-order chi connectivity index (χ0) is 47.0. The van der Waals surface area contributed by atoms with Crippen molar-refractivity contribution in [1.29, 1.82) is 0 Å². The maximum Gasteiger partial charge on any atom is 0.407 e. The topological polar surface area (TPSA) is 175 Å². The van der Waals surface area contributed by atoms with Crippen LogP contribution in [0.2, 0.25) is 0 Å². The number of H-pyrrole nitrogens is 2. The van der Waals surface area contributed by atoms with Gasteiger partial charge < -0.3 is 39.9 Å². The number of alkyl halides is 4. The van der Waals surface area contributed by atoms with Crippen molar-refractivity contribution in [1.82, 2.24) is 40.4 Å². The molecule has 0 radical (unpaired) electrons. The van der Waals surface area contributed by atoms with E-state index in [1.165, 1.54) is 32.5 Å². The summed E-state index contributed by atoms with van der Waals surface area (Å²) < 4.78 is 74.8. The summed E-state index contributed by atoms with van der Waals surface area (Å²) >= 11 is 0. The molecule has 3 aromatic carbocycles. The first kappa shape index (κ1) is 44.7. The zero-order valence-electron chi connectivity index (χ0n) is 37.4. The maximum absolute atomic E-state index is 16.3. The molecular formula is C48H52F4N8O6. The first-order valence-corrected chi connectivity index (χ1v) is 22.3. The van der Waals surface area contributed by atoms with E-state index in [-0.39, 0.29) is 45.8 Å². The standard InChI is InChI=1S/C48H52F4N8O6/c1-24(2)38(57-44(63)65-5)42(61)59-17-7-8-36(59)41-54-33-14-11-27(20-34(33)55-41)26-9-12-29-30-13-10-28(19-32(30)48(51,52)47(49,50)31(29)18-26)35-22-53-40(56-35)37-21-46(15-16-46)23-60(37)43(62)39(25(3)4)58-45(64)66-6/h9-14,18-20,22,24-25,36-39H,7-8,15-17,21,23H2,1-6H3,(H,53,56)(H,54,55)(H,57,63)(H,58,64)/t36-,37+,38-,39-/m0/s1. The van der Waals surface area contributed by atoms with Gasteiger partial charge in [-0.3, -0.25) is 9.59 Å². The Hall–Kier alpha value is -6.46. The number of rotatable bonds is 10. The Morgan fingerprint density at radius 1 is 0.727 bits per heavy atom. The second kappa shape index (κ2) is 16.5. The number of halogens is 4. The average Bonchev–Trinajstić information content (AvgIpc) is 3.79. The van der Waals surface area contributed by atoms with Crippen LogP contribution in [-0.2, 0) is 30.9 Å². The summed E-state index contributed by atoms with van der Waals surface area (Å²) in [6.45, 7) is 8.23. The Morgan fingerprint density at radius 2 is 1.29 bits per heavy atom. The van der Waals surface area contributed by atoms with Crippen molar-refractivity contribution < 1.29 is 46.2 Å². The number of hydrogen-bond acceptors (Lipinski definition) is 8. The van der Waals surface area contributed by atoms with Gasteiger partial charge in [0.2, 0.25) is 11.8 Å². The van der Waals surface area contributed by atoms with Crippen LogP contribution in [0, 0.1) is 17.3 Å². The van der Waals surface area contributed by atoms with Crippen molar-refractivity contribution in [2.24, 2.45) is 17.3 Å². The highest BCUT2D eigenvalue weighted by Crippen LogP contribution is 2.60. The molecule has 4 N–H and O–H groups in total. The number of imidazole rings is 2. The highest BCUT2D eigenvalue weighted by molar-refractivity contribution is 5.88. The van der Waals surface area contributed by atoms with Gasteiger partial charge in [0.25, 0.3) is 0 Å². The largest absolute Gasteiger partial charge is 0.453 e. The molecule has 18 heteroatoms. The van der Waals surface area contributed by atoms with Crippen LogP contribution in [0.25, 0.3) is 44.5 Å². The van der Waals surface area contributed by atoms with Crippen LogP contribution in [0.1, 0.15) is 94.7 Å². The number of amides is 4. The summed E-state index contributed by atoms with van der Waals surface area (Å²) in [6.07, 6.45) is 3.85. The first-order chi connectivity index (χ1) is 31.4. The van der Waals surface area contributed by atoms with Crippen molar-refractivity contribution in [2.45, 2.75) is 95.8 Å². The van der Waals surface area contributed by atoms with Crippen molar-refractivity contribution in [3.63, 3.8) is 0 Å². The fourth-order valence-corrected chi connectivity index (χ4v) is 9.92. The highest BCUT2D eigenvalue weighted by atomic mass is 19.3. The van der Waals surface area contributed by atoms with E-state index in [9.17, 15) is 19.2 Å². The molecule has 2 aromatic heterocycles. The molecule has 1 spiro atoms. The van der Waals surface area contributed by atoms with Gasteiger partial charge in [-0.15, -0.1) is 0 Å². The average molecular weight is 913 g/mol. The molecule has 0 bridgehead atoms. The number of hydrogen-bond donors (Lipinski definition) is 4. The molecule has 4 amide bonds. The fraction of sp³-hybridized carbons (Fsp3) is 0.458. The smallest absolute Gasteiger partial charge is 0.407 e. The SMILES string of the molecule is COC(=O)N[C@H](C(=O)N1CC2(CC2)C[C@@H]1c1ncc(-c2ccc3c(c2)C(F)(F)C(F)(F)c2cc(-c4ccc5nc([C@@H]6CCCN6C(=O)[C@@H](NC(=O)OC)C(C)C)[nH]c5c4)ccc2-3)[nH]1)C(C)C. The van der Waals surface area contributed by atoms with E-state index >= 15 is 17.6 Å². The zero-order valence-corrected chi connectivity index (χ0v) is 37.4. The number of methoxy groups -OCH3 is 2. The molecule has 2 aliphatic heterocycles. The lowest BCUT2D eigenvalue weighted by molar-refractivity contribution is -0.225. The molecule has 0 unspecified atom stereocenters. The van der Waals surface area contributed by atoms with Gasteiger partial charge in [0, 0.05) is 29.8 Å². The first-order valence-electron chi connectivity index (χ1n) is 22.3. The van der Waals surface area contributed by atoms with Crippen LogP contribution < -0.4 is 10.6 Å². The molecule has 4 heterocycles. The molecular weight excluding hydrogens is 861 g/mol. The fourth-order valence-electron chi connectivity index (χ4n) is 9.92. The molecule has 3 fully saturated rings. The van der Waals surface area contributed by atoms with Crippen LogP contribution in [0.5, 0.6) is 0 Å². The summed E-state index contributed by atoms with van der Waals surface area (Å²) in [4.78, 5) is 71.0. The van der Waals surface area contributed by atoms with Gasteiger partial charge in [-0.25, -0.2) is 19.6 Å². The van der Waals surface area contributed by atoms with Crippen molar-refractivity contribution in [2.75, 3.05) is 27.3 Å². The quantitative estimate of drug-likeness (QED) is 0.101. The van der Waals surface area contributed by atoms with E-state index in [4.69, 9.17) is 14.5 Å². The van der Waals surface area contributed by atoms with Gasteiger partial charge in [-0.05, 0) is 95.9 Å². The predicted octanol–water partition coefficient (Wildman–Crippen LogP) is 8.96. The minimum Gasteiger partial charge on any atom is -0.453 e. The number of nitrogens with zero attached hydrogens (tertiary/aromatic N) is 4. The second-order valence-corrected chi connectivity index (χ2v) is 18.8. The van der Waals surface area contributed by atoms with E-state index in [2.05, 4.69) is 25.6 Å². The van der Waals surface area contributed by atoms with Gasteiger partial charge in [-0.2, -0.15) is 17.6 Å². The molecule has 4 atom stereocenters. The van der Waals surface area contributed by atoms with Crippen LogP contribution in [0.3, 0.4) is 0 Å². The van der Waals surface area contributed by atoms with Gasteiger partial charge in [-0.1, -0.05) is 58.0 Å². The third-order valence-corrected chi connectivity index (χ3v) is 13.8. The lowest BCUT2D eigenvalue weighted by Gasteiger charge is -2.35. The summed E-state index contributed by atoms with van der Waals surface area (Å²) in [5.74, 6) is -9.23. The summed E-state index contributed by atoms with van der Waals surface area (Å²) in [5, 5.41) is 5.28. The van der Waals surface area contributed by atoms with Gasteiger partial charge in [0.15, 0.2) is 0 Å². The molecule has 5 aromatic rings. The van der Waals surface area contributed by atoms with Crippen LogP contribution in [0.15, 0.2) is 60.8 Å². The van der Waals surface area contributed by atoms with E-state index in [1.54, 1.807) is 40.1 Å². The van der Waals surface area contributed by atoms with Crippen LogP contribution in [0.4, 0.5) is 27.2 Å². The van der Waals surface area contributed by atoms with Gasteiger partial charge in [0.1, 0.15) is 23.7 Å². The number of ether oxygens (including phenoxy) is 2. The summed E-state index contributed by atoms with van der Waals surface area (Å²) in [5.41, 5.74) is 0.728. The van der Waals surface area contributed by atoms with Gasteiger partial charge in [0.05, 0.1) is 49.2 Å².